The van der Waals surface area contributed by atoms with Gasteiger partial charge in [-0.1, -0.05) is 32.1 Å². The Labute approximate surface area is 111 Å². The molecule has 0 atom stereocenters. The summed E-state index contributed by atoms with van der Waals surface area (Å²) in [6, 6.07) is 0. The topological polar surface area (TPSA) is 46.3 Å². The molecule has 2 aliphatic rings. The van der Waals surface area contributed by atoms with Gasteiger partial charge in [-0.05, 0) is 31.6 Å². The van der Waals surface area contributed by atoms with Crippen molar-refractivity contribution in [3.8, 4) is 0 Å². The van der Waals surface area contributed by atoms with Crippen molar-refractivity contribution in [1.82, 2.24) is 4.90 Å². The summed E-state index contributed by atoms with van der Waals surface area (Å²) in [6.45, 7) is 0.939. The van der Waals surface area contributed by atoms with E-state index in [4.69, 9.17) is 5.73 Å². The van der Waals surface area contributed by atoms with Crippen LogP contribution in [0.1, 0.15) is 64.2 Å². The van der Waals surface area contributed by atoms with Crippen molar-refractivity contribution < 1.29 is 4.79 Å². The molecule has 0 aromatic carbocycles. The van der Waals surface area contributed by atoms with Gasteiger partial charge in [-0.25, -0.2) is 0 Å². The quantitative estimate of drug-likeness (QED) is 0.836. The average Bonchev–Trinajstić information content (AvgIpc) is 2.82. The number of amides is 1. The molecule has 2 fully saturated rings. The molecule has 2 N–H and O–H groups in total. The van der Waals surface area contributed by atoms with Crippen LogP contribution in [0.2, 0.25) is 0 Å². The molecule has 2 rings (SSSR count). The van der Waals surface area contributed by atoms with E-state index in [2.05, 4.69) is 0 Å². The fourth-order valence-electron chi connectivity index (χ4n) is 3.55. The predicted octanol–water partition coefficient (Wildman–Crippen LogP) is 2.69. The van der Waals surface area contributed by atoms with Gasteiger partial charge in [-0.15, -0.1) is 0 Å². The lowest BCUT2D eigenvalue weighted by Crippen LogP contribution is -2.46. The standard InChI is InChI=1S/C15H28N2O/c1-17(12-13-7-3-4-8-13)14(18)11-15(16)9-5-2-6-10-15/h13H,2-12,16H2,1H3. The summed E-state index contributed by atoms with van der Waals surface area (Å²) in [7, 11) is 1.95. The van der Waals surface area contributed by atoms with Crippen molar-refractivity contribution in [3.63, 3.8) is 0 Å². The Morgan fingerprint density at radius 3 is 2.39 bits per heavy atom. The maximum Gasteiger partial charge on any atom is 0.224 e. The monoisotopic (exact) mass is 252 g/mol. The molecule has 0 saturated heterocycles. The molecule has 0 heterocycles. The Bertz CT molecular complexity index is 278. The Hall–Kier alpha value is -0.570. The van der Waals surface area contributed by atoms with Crippen LogP contribution in [-0.4, -0.2) is 29.9 Å². The Balaban J connectivity index is 1.78. The van der Waals surface area contributed by atoms with Crippen molar-refractivity contribution in [3.05, 3.63) is 0 Å². The Morgan fingerprint density at radius 1 is 1.17 bits per heavy atom. The number of rotatable bonds is 4. The summed E-state index contributed by atoms with van der Waals surface area (Å²) in [6.07, 6.45) is 11.5. The molecule has 18 heavy (non-hydrogen) atoms. The summed E-state index contributed by atoms with van der Waals surface area (Å²) < 4.78 is 0. The first kappa shape index (κ1) is 13.9. The summed E-state index contributed by atoms with van der Waals surface area (Å²) in [5, 5.41) is 0. The smallest absolute Gasteiger partial charge is 0.224 e. The van der Waals surface area contributed by atoms with Crippen LogP contribution in [0.15, 0.2) is 0 Å². The minimum atomic E-state index is -0.209. The summed E-state index contributed by atoms with van der Waals surface area (Å²) in [5.74, 6) is 0.991. The molecule has 3 nitrogen and oxygen atoms in total. The highest BCUT2D eigenvalue weighted by Crippen LogP contribution is 2.30. The van der Waals surface area contributed by atoms with Gasteiger partial charge in [0.15, 0.2) is 0 Å². The second kappa shape index (κ2) is 6.05. The van der Waals surface area contributed by atoms with Crippen LogP contribution in [0.25, 0.3) is 0 Å². The zero-order valence-corrected chi connectivity index (χ0v) is 11.8. The molecule has 1 amide bonds. The third kappa shape index (κ3) is 3.71. The van der Waals surface area contributed by atoms with Gasteiger partial charge < -0.3 is 10.6 Å². The normalized spacial score (nSPS) is 24.1. The van der Waals surface area contributed by atoms with Crippen LogP contribution in [0, 0.1) is 5.92 Å². The number of carbonyl (C=O) groups excluding carboxylic acids is 1. The summed E-state index contributed by atoms with van der Waals surface area (Å²) >= 11 is 0. The highest BCUT2D eigenvalue weighted by atomic mass is 16.2. The molecule has 0 spiro atoms. The zero-order valence-electron chi connectivity index (χ0n) is 11.8. The molecule has 0 aromatic rings. The fourth-order valence-corrected chi connectivity index (χ4v) is 3.55. The largest absolute Gasteiger partial charge is 0.345 e. The number of hydrogen-bond donors (Lipinski definition) is 1. The van der Waals surface area contributed by atoms with Crippen LogP contribution in [0.5, 0.6) is 0 Å². The van der Waals surface area contributed by atoms with Crippen molar-refractivity contribution in [2.75, 3.05) is 13.6 Å². The lowest BCUT2D eigenvalue weighted by molar-refractivity contribution is -0.132. The lowest BCUT2D eigenvalue weighted by atomic mass is 9.80. The molecular formula is C15H28N2O. The van der Waals surface area contributed by atoms with Gasteiger partial charge in [0.1, 0.15) is 0 Å². The summed E-state index contributed by atoms with van der Waals surface area (Å²) in [4.78, 5) is 14.2. The third-order valence-corrected chi connectivity index (χ3v) is 4.79. The van der Waals surface area contributed by atoms with E-state index in [1.54, 1.807) is 0 Å². The summed E-state index contributed by atoms with van der Waals surface area (Å²) in [5.41, 5.74) is 6.15. The van der Waals surface area contributed by atoms with Gasteiger partial charge in [0.2, 0.25) is 5.91 Å². The highest BCUT2D eigenvalue weighted by molar-refractivity contribution is 5.77. The zero-order chi connectivity index (χ0) is 13.0. The molecule has 0 unspecified atom stereocenters. The minimum absolute atomic E-state index is 0.209. The van der Waals surface area contributed by atoms with Crippen molar-refractivity contribution in [2.24, 2.45) is 11.7 Å². The molecule has 3 heteroatoms. The molecular weight excluding hydrogens is 224 g/mol. The van der Waals surface area contributed by atoms with Crippen LogP contribution >= 0.6 is 0 Å². The number of carbonyl (C=O) groups is 1. The Morgan fingerprint density at radius 2 is 1.78 bits per heavy atom. The van der Waals surface area contributed by atoms with Crippen LogP contribution in [0.3, 0.4) is 0 Å². The van der Waals surface area contributed by atoms with Gasteiger partial charge in [0.25, 0.3) is 0 Å². The highest BCUT2D eigenvalue weighted by Gasteiger charge is 2.31. The van der Waals surface area contributed by atoms with Crippen LogP contribution < -0.4 is 5.73 Å². The average molecular weight is 252 g/mol. The molecule has 0 aliphatic heterocycles. The van der Waals surface area contributed by atoms with Gasteiger partial charge in [0, 0.05) is 25.6 Å². The SMILES string of the molecule is CN(CC1CCCC1)C(=O)CC1(N)CCCCC1. The van der Waals surface area contributed by atoms with Gasteiger partial charge >= 0.3 is 0 Å². The first-order valence-electron chi connectivity index (χ1n) is 7.62. The van der Waals surface area contributed by atoms with E-state index in [0.29, 0.717) is 6.42 Å². The van der Waals surface area contributed by atoms with E-state index in [9.17, 15) is 4.79 Å². The first-order valence-corrected chi connectivity index (χ1v) is 7.62. The molecule has 2 aliphatic carbocycles. The second-order valence-electron chi connectivity index (χ2n) is 6.52. The van der Waals surface area contributed by atoms with E-state index in [-0.39, 0.29) is 11.4 Å². The molecule has 0 bridgehead atoms. The predicted molar refractivity (Wildman–Crippen MR) is 74.2 cm³/mol. The maximum absolute atomic E-state index is 12.3. The van der Waals surface area contributed by atoms with Crippen molar-refractivity contribution >= 4 is 5.91 Å². The van der Waals surface area contributed by atoms with Gasteiger partial charge in [-0.2, -0.15) is 0 Å². The second-order valence-corrected chi connectivity index (χ2v) is 6.52. The van der Waals surface area contributed by atoms with Crippen LogP contribution in [0.4, 0.5) is 0 Å². The maximum atomic E-state index is 12.3. The third-order valence-electron chi connectivity index (χ3n) is 4.79. The van der Waals surface area contributed by atoms with E-state index in [1.165, 1.54) is 44.9 Å². The minimum Gasteiger partial charge on any atom is -0.345 e. The fraction of sp³-hybridized carbons (Fsp3) is 0.933. The van der Waals surface area contributed by atoms with Gasteiger partial charge in [0.05, 0.1) is 0 Å². The number of hydrogen-bond acceptors (Lipinski definition) is 2. The molecule has 0 radical (unpaired) electrons. The van der Waals surface area contributed by atoms with Gasteiger partial charge in [-0.3, -0.25) is 4.79 Å². The van der Waals surface area contributed by atoms with Crippen LogP contribution in [-0.2, 0) is 4.79 Å². The molecule has 2 saturated carbocycles. The van der Waals surface area contributed by atoms with E-state index in [0.717, 1.165) is 25.3 Å². The lowest BCUT2D eigenvalue weighted by Gasteiger charge is -2.34. The Kier molecular flexibility index (Phi) is 4.66. The number of nitrogens with two attached hydrogens (primary N) is 1. The van der Waals surface area contributed by atoms with E-state index >= 15 is 0 Å². The first-order chi connectivity index (χ1) is 8.59. The van der Waals surface area contributed by atoms with E-state index < -0.39 is 0 Å². The molecule has 0 aromatic heterocycles. The number of nitrogens with zero attached hydrogens (tertiary/aromatic N) is 1. The molecule has 104 valence electrons. The van der Waals surface area contributed by atoms with Crippen molar-refractivity contribution in [1.29, 1.82) is 0 Å². The van der Waals surface area contributed by atoms with Crippen molar-refractivity contribution in [2.45, 2.75) is 69.7 Å². The van der Waals surface area contributed by atoms with E-state index in [1.807, 2.05) is 11.9 Å².